The molecule has 1 saturated carbocycles. The maximum atomic E-state index is 9.83. The van der Waals surface area contributed by atoms with E-state index in [0.717, 1.165) is 12.8 Å². The Kier molecular flexibility index (Phi) is 8.57. The summed E-state index contributed by atoms with van der Waals surface area (Å²) in [5.41, 5.74) is 0. The first-order valence-corrected chi connectivity index (χ1v) is 7.46. The lowest BCUT2D eigenvalue weighted by Gasteiger charge is -2.31. The standard InChI is InChI=1S/C14H29NO4/c1-2-11-5-3-4-6-14(11)19-10-13(18)7-15-12(8-16)9-17/h11-18H,2-10H2,1H3. The molecule has 0 aliphatic heterocycles. The number of rotatable bonds is 9. The Morgan fingerprint density at radius 3 is 2.53 bits per heavy atom. The van der Waals surface area contributed by atoms with E-state index in [1.54, 1.807) is 0 Å². The molecule has 0 amide bonds. The highest BCUT2D eigenvalue weighted by molar-refractivity contribution is 4.76. The fraction of sp³-hybridized carbons (Fsp3) is 1.00. The van der Waals surface area contributed by atoms with E-state index in [4.69, 9.17) is 14.9 Å². The van der Waals surface area contributed by atoms with Crippen molar-refractivity contribution in [2.75, 3.05) is 26.4 Å². The van der Waals surface area contributed by atoms with Gasteiger partial charge in [0.25, 0.3) is 0 Å². The summed E-state index contributed by atoms with van der Waals surface area (Å²) in [6, 6.07) is -0.368. The molecule has 0 aromatic carbocycles. The maximum Gasteiger partial charge on any atom is 0.0897 e. The van der Waals surface area contributed by atoms with E-state index in [9.17, 15) is 5.11 Å². The van der Waals surface area contributed by atoms with E-state index >= 15 is 0 Å². The van der Waals surface area contributed by atoms with Gasteiger partial charge in [-0.2, -0.15) is 0 Å². The second-order valence-corrected chi connectivity index (χ2v) is 5.45. The molecule has 5 nitrogen and oxygen atoms in total. The zero-order valence-corrected chi connectivity index (χ0v) is 11.9. The molecule has 1 fully saturated rings. The van der Waals surface area contributed by atoms with E-state index in [1.807, 2.05) is 0 Å². The molecule has 0 aromatic heterocycles. The zero-order valence-electron chi connectivity index (χ0n) is 11.9. The molecule has 1 aliphatic carbocycles. The van der Waals surface area contributed by atoms with E-state index in [-0.39, 0.29) is 25.4 Å². The van der Waals surface area contributed by atoms with Crippen LogP contribution in [0.2, 0.25) is 0 Å². The molecule has 3 atom stereocenters. The Morgan fingerprint density at radius 1 is 1.21 bits per heavy atom. The summed E-state index contributed by atoms with van der Waals surface area (Å²) in [5.74, 6) is 0.622. The Balaban J connectivity index is 2.19. The molecule has 5 heteroatoms. The highest BCUT2D eigenvalue weighted by atomic mass is 16.5. The monoisotopic (exact) mass is 275 g/mol. The fourth-order valence-electron chi connectivity index (χ4n) is 2.64. The van der Waals surface area contributed by atoms with Crippen molar-refractivity contribution >= 4 is 0 Å². The van der Waals surface area contributed by atoms with Crippen LogP contribution in [0.4, 0.5) is 0 Å². The predicted octanol–water partition coefficient (Wildman–Crippen LogP) is 0.275. The Morgan fingerprint density at radius 2 is 1.89 bits per heavy atom. The molecule has 1 aliphatic rings. The van der Waals surface area contributed by atoms with E-state index in [0.29, 0.717) is 19.1 Å². The van der Waals surface area contributed by atoms with Gasteiger partial charge in [-0.05, 0) is 18.8 Å². The van der Waals surface area contributed by atoms with Crippen molar-refractivity contribution in [3.8, 4) is 0 Å². The number of hydrogen-bond donors (Lipinski definition) is 4. The third-order valence-electron chi connectivity index (χ3n) is 3.95. The first kappa shape index (κ1) is 16.9. The van der Waals surface area contributed by atoms with Gasteiger partial charge < -0.3 is 25.4 Å². The van der Waals surface area contributed by atoms with Crippen LogP contribution >= 0.6 is 0 Å². The predicted molar refractivity (Wildman–Crippen MR) is 74.0 cm³/mol. The van der Waals surface area contributed by atoms with Gasteiger partial charge in [-0.3, -0.25) is 0 Å². The number of aliphatic hydroxyl groups is 3. The second-order valence-electron chi connectivity index (χ2n) is 5.45. The SMILES string of the molecule is CCC1CCCCC1OCC(O)CNC(CO)CO. The lowest BCUT2D eigenvalue weighted by atomic mass is 9.85. The van der Waals surface area contributed by atoms with Crippen LogP contribution in [0.5, 0.6) is 0 Å². The third kappa shape index (κ3) is 6.19. The summed E-state index contributed by atoms with van der Waals surface area (Å²) in [6.07, 6.45) is 5.64. The summed E-state index contributed by atoms with van der Waals surface area (Å²) in [7, 11) is 0. The molecule has 0 heterocycles. The highest BCUT2D eigenvalue weighted by Crippen LogP contribution is 2.29. The summed E-state index contributed by atoms with van der Waals surface area (Å²) in [5, 5.41) is 30.5. The van der Waals surface area contributed by atoms with Crippen molar-refractivity contribution in [3.05, 3.63) is 0 Å². The van der Waals surface area contributed by atoms with E-state index in [2.05, 4.69) is 12.2 Å². The summed E-state index contributed by atoms with van der Waals surface area (Å²) in [6.45, 7) is 2.57. The lowest BCUT2D eigenvalue weighted by molar-refractivity contribution is -0.0509. The third-order valence-corrected chi connectivity index (χ3v) is 3.95. The van der Waals surface area contributed by atoms with Gasteiger partial charge in [0.15, 0.2) is 0 Å². The topological polar surface area (TPSA) is 82.0 Å². The highest BCUT2D eigenvalue weighted by Gasteiger charge is 2.24. The van der Waals surface area contributed by atoms with Gasteiger partial charge >= 0.3 is 0 Å². The molecular formula is C14H29NO4. The zero-order chi connectivity index (χ0) is 14.1. The van der Waals surface area contributed by atoms with Crippen molar-refractivity contribution in [1.82, 2.24) is 5.32 Å². The van der Waals surface area contributed by atoms with Gasteiger partial charge in [-0.1, -0.05) is 26.2 Å². The van der Waals surface area contributed by atoms with Crippen LogP contribution < -0.4 is 5.32 Å². The Bertz CT molecular complexity index is 223. The maximum absolute atomic E-state index is 9.83. The Hall–Kier alpha value is -0.200. The van der Waals surface area contributed by atoms with Gasteiger partial charge in [0.2, 0.25) is 0 Å². The van der Waals surface area contributed by atoms with Gasteiger partial charge in [-0.25, -0.2) is 0 Å². The number of nitrogens with one attached hydrogen (secondary N) is 1. The average molecular weight is 275 g/mol. The molecule has 4 N–H and O–H groups in total. The van der Waals surface area contributed by atoms with Crippen LogP contribution in [0.15, 0.2) is 0 Å². The quantitative estimate of drug-likeness (QED) is 0.486. The molecule has 0 aromatic rings. The van der Waals surface area contributed by atoms with Crippen molar-refractivity contribution in [2.45, 2.75) is 57.3 Å². The van der Waals surface area contributed by atoms with Crippen LogP contribution in [-0.2, 0) is 4.74 Å². The van der Waals surface area contributed by atoms with Crippen LogP contribution in [0.3, 0.4) is 0 Å². The Labute approximate surface area is 116 Å². The molecule has 3 unspecified atom stereocenters. The summed E-state index contributed by atoms with van der Waals surface area (Å²) in [4.78, 5) is 0. The van der Waals surface area contributed by atoms with Crippen molar-refractivity contribution in [3.63, 3.8) is 0 Å². The molecule has 1 rings (SSSR count). The van der Waals surface area contributed by atoms with Crippen LogP contribution in [0.1, 0.15) is 39.0 Å². The molecule has 0 saturated heterocycles. The van der Waals surface area contributed by atoms with Crippen LogP contribution in [0, 0.1) is 5.92 Å². The molecule has 0 spiro atoms. The largest absolute Gasteiger partial charge is 0.395 e. The van der Waals surface area contributed by atoms with Gasteiger partial charge in [-0.15, -0.1) is 0 Å². The van der Waals surface area contributed by atoms with Crippen molar-refractivity contribution in [1.29, 1.82) is 0 Å². The minimum absolute atomic E-state index is 0.134. The normalized spacial score (nSPS) is 25.7. The second kappa shape index (κ2) is 9.66. The number of aliphatic hydroxyl groups excluding tert-OH is 3. The molecular weight excluding hydrogens is 246 g/mol. The fourth-order valence-corrected chi connectivity index (χ4v) is 2.64. The minimum Gasteiger partial charge on any atom is -0.395 e. The summed E-state index contributed by atoms with van der Waals surface area (Å²) >= 11 is 0. The average Bonchev–Trinajstić information content (AvgIpc) is 2.46. The molecule has 0 bridgehead atoms. The number of hydrogen-bond acceptors (Lipinski definition) is 5. The van der Waals surface area contributed by atoms with E-state index in [1.165, 1.54) is 19.3 Å². The van der Waals surface area contributed by atoms with Crippen LogP contribution in [0.25, 0.3) is 0 Å². The first-order valence-electron chi connectivity index (χ1n) is 7.46. The van der Waals surface area contributed by atoms with Gasteiger partial charge in [0, 0.05) is 6.54 Å². The van der Waals surface area contributed by atoms with Crippen LogP contribution in [-0.4, -0.2) is 59.9 Å². The van der Waals surface area contributed by atoms with Crippen molar-refractivity contribution in [2.24, 2.45) is 5.92 Å². The van der Waals surface area contributed by atoms with Gasteiger partial charge in [0.1, 0.15) is 0 Å². The molecule has 0 radical (unpaired) electrons. The molecule has 19 heavy (non-hydrogen) atoms. The first-order chi connectivity index (χ1) is 9.21. The van der Waals surface area contributed by atoms with Gasteiger partial charge in [0.05, 0.1) is 38.1 Å². The smallest absolute Gasteiger partial charge is 0.0897 e. The molecule has 114 valence electrons. The lowest BCUT2D eigenvalue weighted by Crippen LogP contribution is -2.42. The van der Waals surface area contributed by atoms with Crippen molar-refractivity contribution < 1.29 is 20.1 Å². The minimum atomic E-state index is -0.597. The number of ether oxygens (including phenoxy) is 1. The summed E-state index contributed by atoms with van der Waals surface area (Å²) < 4.78 is 5.83. The van der Waals surface area contributed by atoms with E-state index < -0.39 is 6.10 Å².